The summed E-state index contributed by atoms with van der Waals surface area (Å²) in [5.41, 5.74) is 4.01. The average molecular weight is 498 g/mol. The van der Waals surface area contributed by atoms with E-state index in [0.717, 1.165) is 43.0 Å². The first kappa shape index (κ1) is 25.0. The number of aryl methyl sites for hydroxylation is 2. The number of rotatable bonds is 6. The molecule has 2 aliphatic heterocycles. The Morgan fingerprint density at radius 2 is 1.71 bits per heavy atom. The predicted octanol–water partition coefficient (Wildman–Crippen LogP) is 2.43. The number of hydrogen-bond acceptors (Lipinski definition) is 5. The molecular formula is C26H32ClN5O3. The van der Waals surface area contributed by atoms with Crippen LogP contribution in [0.3, 0.4) is 0 Å². The third kappa shape index (κ3) is 6.32. The highest BCUT2D eigenvalue weighted by Gasteiger charge is 2.35. The second-order valence-electron chi connectivity index (χ2n) is 9.18. The van der Waals surface area contributed by atoms with Crippen molar-refractivity contribution < 1.29 is 14.4 Å². The van der Waals surface area contributed by atoms with Crippen molar-refractivity contribution in [2.24, 2.45) is 0 Å². The Balaban J connectivity index is 1.32. The summed E-state index contributed by atoms with van der Waals surface area (Å²) in [5.74, 6) is -0.694. The zero-order valence-corrected chi connectivity index (χ0v) is 21.0. The van der Waals surface area contributed by atoms with Crippen molar-refractivity contribution in [3.05, 3.63) is 58.6 Å². The molecule has 35 heavy (non-hydrogen) atoms. The fraction of sp³-hybridized carbons (Fsp3) is 0.423. The number of carbonyl (C=O) groups is 3. The molecule has 2 N–H and O–H groups in total. The van der Waals surface area contributed by atoms with Crippen molar-refractivity contribution >= 4 is 40.7 Å². The van der Waals surface area contributed by atoms with Crippen molar-refractivity contribution in [1.29, 1.82) is 0 Å². The number of amides is 3. The molecule has 0 bridgehead atoms. The first-order valence-corrected chi connectivity index (χ1v) is 12.3. The molecule has 0 radical (unpaired) electrons. The Hall–Kier alpha value is -3.10. The van der Waals surface area contributed by atoms with Gasteiger partial charge in [-0.15, -0.1) is 0 Å². The monoisotopic (exact) mass is 497 g/mol. The lowest BCUT2D eigenvalue weighted by Crippen LogP contribution is -2.60. The largest absolute Gasteiger partial charge is 0.369 e. The Bertz CT molecular complexity index is 1080. The van der Waals surface area contributed by atoms with Crippen LogP contribution in [0.5, 0.6) is 0 Å². The molecule has 3 amide bonds. The molecule has 4 rings (SSSR count). The van der Waals surface area contributed by atoms with Gasteiger partial charge in [-0.2, -0.15) is 0 Å². The maximum absolute atomic E-state index is 13.2. The minimum atomic E-state index is -0.807. The predicted molar refractivity (Wildman–Crippen MR) is 138 cm³/mol. The quantitative estimate of drug-likeness (QED) is 0.640. The van der Waals surface area contributed by atoms with Crippen LogP contribution in [0.25, 0.3) is 0 Å². The van der Waals surface area contributed by atoms with Gasteiger partial charge in [-0.25, -0.2) is 0 Å². The molecule has 0 aliphatic carbocycles. The lowest BCUT2D eigenvalue weighted by Gasteiger charge is -2.39. The Morgan fingerprint density at radius 3 is 2.40 bits per heavy atom. The second-order valence-corrected chi connectivity index (χ2v) is 9.62. The normalized spacial score (nSPS) is 18.8. The zero-order chi connectivity index (χ0) is 24.9. The van der Waals surface area contributed by atoms with Gasteiger partial charge in [0.25, 0.3) is 0 Å². The van der Waals surface area contributed by atoms with E-state index in [9.17, 15) is 14.4 Å². The maximum Gasteiger partial charge on any atom is 0.243 e. The molecule has 2 saturated heterocycles. The Morgan fingerprint density at radius 1 is 1.00 bits per heavy atom. The average Bonchev–Trinajstić information content (AvgIpc) is 2.84. The number of benzene rings is 2. The minimum Gasteiger partial charge on any atom is -0.369 e. The molecule has 0 spiro atoms. The van der Waals surface area contributed by atoms with Crippen LogP contribution in [-0.2, 0) is 14.4 Å². The van der Waals surface area contributed by atoms with Crippen molar-refractivity contribution in [3.8, 4) is 0 Å². The van der Waals surface area contributed by atoms with Gasteiger partial charge in [0.05, 0.1) is 13.0 Å². The molecule has 8 nitrogen and oxygen atoms in total. The van der Waals surface area contributed by atoms with E-state index in [1.807, 2.05) is 56.3 Å². The summed E-state index contributed by atoms with van der Waals surface area (Å²) in [6, 6.07) is 12.6. The first-order chi connectivity index (χ1) is 16.8. The topological polar surface area (TPSA) is 85.0 Å². The number of piperazine rings is 2. The van der Waals surface area contributed by atoms with Gasteiger partial charge < -0.3 is 20.4 Å². The highest BCUT2D eigenvalue weighted by molar-refractivity contribution is 6.30. The van der Waals surface area contributed by atoms with E-state index < -0.39 is 6.04 Å². The van der Waals surface area contributed by atoms with Gasteiger partial charge in [0, 0.05) is 55.7 Å². The number of nitrogens with one attached hydrogen (secondary N) is 2. The summed E-state index contributed by atoms with van der Waals surface area (Å²) < 4.78 is 0. The minimum absolute atomic E-state index is 0.0746. The van der Waals surface area contributed by atoms with Crippen LogP contribution >= 0.6 is 11.6 Å². The third-order valence-electron chi connectivity index (χ3n) is 6.74. The van der Waals surface area contributed by atoms with Crippen LogP contribution in [-0.4, -0.2) is 79.4 Å². The van der Waals surface area contributed by atoms with Crippen LogP contribution < -0.4 is 15.5 Å². The van der Waals surface area contributed by atoms with Crippen molar-refractivity contribution in [2.75, 3.05) is 56.0 Å². The molecule has 186 valence electrons. The van der Waals surface area contributed by atoms with Crippen LogP contribution in [0.1, 0.15) is 17.5 Å². The molecular weight excluding hydrogens is 466 g/mol. The van der Waals surface area contributed by atoms with Crippen LogP contribution in [0.2, 0.25) is 5.02 Å². The second kappa shape index (κ2) is 11.1. The van der Waals surface area contributed by atoms with E-state index in [1.54, 1.807) is 4.90 Å². The van der Waals surface area contributed by atoms with Crippen molar-refractivity contribution in [3.63, 3.8) is 0 Å². The molecule has 0 aromatic heterocycles. The summed E-state index contributed by atoms with van der Waals surface area (Å²) in [4.78, 5) is 44.4. The number of hydrogen-bond donors (Lipinski definition) is 2. The molecule has 9 heteroatoms. The van der Waals surface area contributed by atoms with Crippen LogP contribution in [0.15, 0.2) is 42.5 Å². The number of carbonyl (C=O) groups excluding carboxylic acids is 3. The lowest BCUT2D eigenvalue weighted by atomic mass is 10.1. The summed E-state index contributed by atoms with van der Waals surface area (Å²) in [7, 11) is 0. The Labute approximate surface area is 211 Å². The van der Waals surface area contributed by atoms with Gasteiger partial charge in [-0.05, 0) is 61.4 Å². The van der Waals surface area contributed by atoms with Gasteiger partial charge in [0.1, 0.15) is 6.04 Å². The molecule has 1 unspecified atom stereocenters. The lowest BCUT2D eigenvalue weighted by molar-refractivity contribution is -0.145. The molecule has 2 fully saturated rings. The fourth-order valence-electron chi connectivity index (χ4n) is 4.52. The van der Waals surface area contributed by atoms with E-state index in [-0.39, 0.29) is 30.7 Å². The van der Waals surface area contributed by atoms with E-state index in [1.165, 1.54) is 0 Å². The van der Waals surface area contributed by atoms with Gasteiger partial charge in [0.15, 0.2) is 0 Å². The summed E-state index contributed by atoms with van der Waals surface area (Å²) >= 11 is 5.99. The maximum atomic E-state index is 13.2. The molecule has 2 aliphatic rings. The van der Waals surface area contributed by atoms with E-state index >= 15 is 0 Å². The van der Waals surface area contributed by atoms with E-state index in [4.69, 9.17) is 11.6 Å². The van der Waals surface area contributed by atoms with Gasteiger partial charge in [-0.3, -0.25) is 19.3 Å². The van der Waals surface area contributed by atoms with Crippen molar-refractivity contribution in [1.82, 2.24) is 15.1 Å². The first-order valence-electron chi connectivity index (χ1n) is 12.0. The molecule has 2 aromatic carbocycles. The highest BCUT2D eigenvalue weighted by atomic mass is 35.5. The number of nitrogens with zero attached hydrogens (tertiary/aromatic N) is 3. The number of halogens is 1. The van der Waals surface area contributed by atoms with Gasteiger partial charge >= 0.3 is 0 Å². The number of anilines is 2. The summed E-state index contributed by atoms with van der Waals surface area (Å²) in [6.07, 6.45) is -0.0746. The van der Waals surface area contributed by atoms with Crippen molar-refractivity contribution in [2.45, 2.75) is 26.3 Å². The van der Waals surface area contributed by atoms with E-state index in [2.05, 4.69) is 20.4 Å². The van der Waals surface area contributed by atoms with Gasteiger partial charge in [-0.1, -0.05) is 17.7 Å². The smallest absolute Gasteiger partial charge is 0.243 e. The van der Waals surface area contributed by atoms with Crippen LogP contribution in [0.4, 0.5) is 11.4 Å². The van der Waals surface area contributed by atoms with Crippen LogP contribution in [0, 0.1) is 13.8 Å². The SMILES string of the molecule is Cc1ccc(NC(=O)CC2C(=O)NCCN2C(=O)CN2CCN(c3ccc(Cl)cc3)CC2)cc1C. The fourth-order valence-corrected chi connectivity index (χ4v) is 4.65. The third-order valence-corrected chi connectivity index (χ3v) is 7.00. The summed E-state index contributed by atoms with van der Waals surface area (Å²) in [5, 5.41) is 6.36. The Kier molecular flexibility index (Phi) is 7.93. The standard InChI is InChI=1S/C26H32ClN5O3/c1-18-3-6-21(15-19(18)2)29-24(33)16-23-26(35)28-9-10-32(23)25(34)17-30-11-13-31(14-12-30)22-7-4-20(27)5-8-22/h3-8,15,23H,9-14,16-17H2,1-2H3,(H,28,35)(H,29,33). The highest BCUT2D eigenvalue weighted by Crippen LogP contribution is 2.20. The van der Waals surface area contributed by atoms with E-state index in [0.29, 0.717) is 23.8 Å². The summed E-state index contributed by atoms with van der Waals surface area (Å²) in [6.45, 7) is 8.11. The molecule has 2 aromatic rings. The van der Waals surface area contributed by atoms with Gasteiger partial charge in [0.2, 0.25) is 17.7 Å². The zero-order valence-electron chi connectivity index (χ0n) is 20.2. The molecule has 2 heterocycles. The molecule has 1 atom stereocenters. The molecule has 0 saturated carbocycles.